The lowest BCUT2D eigenvalue weighted by Gasteiger charge is -1.99. The van der Waals surface area contributed by atoms with Crippen LogP contribution in [-0.2, 0) is 9.53 Å². The van der Waals surface area contributed by atoms with Crippen molar-refractivity contribution in [2.45, 2.75) is 19.3 Å². The van der Waals surface area contributed by atoms with E-state index >= 15 is 0 Å². The van der Waals surface area contributed by atoms with Gasteiger partial charge in [-0.25, -0.2) is 0 Å². The fourth-order valence-electron chi connectivity index (χ4n) is 0.707. The zero-order valence-corrected chi connectivity index (χ0v) is 8.23. The molecule has 12 heavy (non-hydrogen) atoms. The highest BCUT2D eigenvalue weighted by Crippen LogP contribution is 2.05. The Hall–Kier alpha value is -0.220. The fourth-order valence-corrected chi connectivity index (χ4v) is 1.54. The van der Waals surface area contributed by atoms with Crippen LogP contribution in [0.3, 0.4) is 0 Å². The smallest absolute Gasteiger partial charge is 0.315 e. The summed E-state index contributed by atoms with van der Waals surface area (Å²) in [5.41, 5.74) is 0. The summed E-state index contributed by atoms with van der Waals surface area (Å²) in [6.07, 6.45) is 2.95. The summed E-state index contributed by atoms with van der Waals surface area (Å²) in [6, 6.07) is 0. The highest BCUT2D eigenvalue weighted by molar-refractivity contribution is 7.99. The van der Waals surface area contributed by atoms with Crippen LogP contribution in [0.25, 0.3) is 0 Å². The maximum absolute atomic E-state index is 10.6. The van der Waals surface area contributed by atoms with Gasteiger partial charge in [-0.1, -0.05) is 6.42 Å². The van der Waals surface area contributed by atoms with Crippen LogP contribution in [-0.4, -0.2) is 36.3 Å². The molecule has 3 nitrogen and oxygen atoms in total. The Morgan fingerprint density at radius 3 is 2.75 bits per heavy atom. The molecular weight excluding hydrogens is 176 g/mol. The van der Waals surface area contributed by atoms with Crippen molar-refractivity contribution in [1.29, 1.82) is 0 Å². The average Bonchev–Trinajstić information content (AvgIpc) is 2.10. The summed E-state index contributed by atoms with van der Waals surface area (Å²) in [4.78, 5) is 10.6. The van der Waals surface area contributed by atoms with Crippen LogP contribution in [0.1, 0.15) is 19.3 Å². The van der Waals surface area contributed by atoms with Crippen molar-refractivity contribution in [2.24, 2.45) is 0 Å². The van der Waals surface area contributed by atoms with Gasteiger partial charge in [-0.3, -0.25) is 4.79 Å². The van der Waals surface area contributed by atoms with Gasteiger partial charge in [0.2, 0.25) is 0 Å². The molecule has 0 aromatic carbocycles. The molecule has 0 amide bonds. The Bertz CT molecular complexity index is 117. The van der Waals surface area contributed by atoms with Crippen molar-refractivity contribution in [3.8, 4) is 0 Å². The quantitative estimate of drug-likeness (QED) is 0.484. The second-order valence-corrected chi connectivity index (χ2v) is 3.52. The number of thioether (sulfide) groups is 1. The minimum atomic E-state index is -0.165. The van der Waals surface area contributed by atoms with Crippen LogP contribution < -0.4 is 0 Å². The molecule has 0 rings (SSSR count). The number of carbonyl (C=O) groups excluding carboxylic acids is 1. The van der Waals surface area contributed by atoms with E-state index in [0.29, 0.717) is 5.75 Å². The third-order valence-electron chi connectivity index (χ3n) is 1.39. The first-order valence-corrected chi connectivity index (χ1v) is 5.22. The molecule has 0 aromatic rings. The molecule has 1 N–H and O–H groups in total. The third kappa shape index (κ3) is 7.88. The van der Waals surface area contributed by atoms with E-state index in [0.717, 1.165) is 25.0 Å². The number of carbonyl (C=O) groups is 1. The highest BCUT2D eigenvalue weighted by Gasteiger charge is 1.98. The van der Waals surface area contributed by atoms with Gasteiger partial charge in [0.15, 0.2) is 0 Å². The molecule has 0 radical (unpaired) electrons. The number of unbranched alkanes of at least 4 members (excludes halogenated alkanes) is 2. The van der Waals surface area contributed by atoms with E-state index in [-0.39, 0.29) is 12.6 Å². The SMILES string of the molecule is COC(=O)CSCCCCCO. The van der Waals surface area contributed by atoms with Crippen molar-refractivity contribution in [2.75, 3.05) is 25.2 Å². The molecule has 72 valence electrons. The van der Waals surface area contributed by atoms with Gasteiger partial charge in [0.1, 0.15) is 0 Å². The molecule has 0 bridgehead atoms. The lowest BCUT2D eigenvalue weighted by atomic mass is 10.3. The molecule has 0 saturated carbocycles. The zero-order chi connectivity index (χ0) is 9.23. The molecule has 0 saturated heterocycles. The predicted molar refractivity (Wildman–Crippen MR) is 50.3 cm³/mol. The first-order valence-electron chi connectivity index (χ1n) is 4.06. The van der Waals surface area contributed by atoms with Crippen molar-refractivity contribution in [1.82, 2.24) is 0 Å². The lowest BCUT2D eigenvalue weighted by Crippen LogP contribution is -2.03. The van der Waals surface area contributed by atoms with Crippen LogP contribution in [0.5, 0.6) is 0 Å². The van der Waals surface area contributed by atoms with Gasteiger partial charge in [-0.05, 0) is 18.6 Å². The van der Waals surface area contributed by atoms with Crippen molar-refractivity contribution in [3.05, 3.63) is 0 Å². The zero-order valence-electron chi connectivity index (χ0n) is 7.41. The normalized spacial score (nSPS) is 9.83. The van der Waals surface area contributed by atoms with Crippen LogP contribution in [0.4, 0.5) is 0 Å². The first kappa shape index (κ1) is 11.8. The van der Waals surface area contributed by atoms with E-state index in [9.17, 15) is 4.79 Å². The van der Waals surface area contributed by atoms with Gasteiger partial charge in [0.05, 0.1) is 12.9 Å². The molecule has 4 heteroatoms. The Morgan fingerprint density at radius 2 is 2.17 bits per heavy atom. The van der Waals surface area contributed by atoms with Gasteiger partial charge in [-0.2, -0.15) is 11.8 Å². The maximum Gasteiger partial charge on any atom is 0.315 e. The van der Waals surface area contributed by atoms with Gasteiger partial charge in [0.25, 0.3) is 0 Å². The summed E-state index contributed by atoms with van der Waals surface area (Å²) in [5, 5.41) is 8.47. The minimum Gasteiger partial charge on any atom is -0.468 e. The van der Waals surface area contributed by atoms with Crippen molar-refractivity contribution in [3.63, 3.8) is 0 Å². The molecule has 0 spiro atoms. The maximum atomic E-state index is 10.6. The standard InChI is InChI=1S/C8H16O3S/c1-11-8(10)7-12-6-4-2-3-5-9/h9H,2-7H2,1H3. The van der Waals surface area contributed by atoms with Crippen LogP contribution in [0.2, 0.25) is 0 Å². The Morgan fingerprint density at radius 1 is 1.42 bits per heavy atom. The molecule has 0 unspecified atom stereocenters. The summed E-state index contributed by atoms with van der Waals surface area (Å²) in [5.74, 6) is 1.24. The van der Waals surface area contributed by atoms with E-state index in [2.05, 4.69) is 4.74 Å². The largest absolute Gasteiger partial charge is 0.468 e. The van der Waals surface area contributed by atoms with Crippen molar-refractivity contribution >= 4 is 17.7 Å². The van der Waals surface area contributed by atoms with Crippen LogP contribution in [0, 0.1) is 0 Å². The number of methoxy groups -OCH3 is 1. The molecule has 0 heterocycles. The summed E-state index contributed by atoms with van der Waals surface area (Å²) in [7, 11) is 1.40. The van der Waals surface area contributed by atoms with E-state index < -0.39 is 0 Å². The van der Waals surface area contributed by atoms with Gasteiger partial charge in [-0.15, -0.1) is 0 Å². The highest BCUT2D eigenvalue weighted by atomic mass is 32.2. The second kappa shape index (κ2) is 8.87. The first-order chi connectivity index (χ1) is 5.81. The summed E-state index contributed by atoms with van der Waals surface area (Å²) >= 11 is 1.58. The fraction of sp³-hybridized carbons (Fsp3) is 0.875. The molecule has 0 aliphatic heterocycles. The topological polar surface area (TPSA) is 46.5 Å². The molecule has 0 aliphatic carbocycles. The molecule has 0 fully saturated rings. The molecule has 0 aromatic heterocycles. The number of aliphatic hydroxyl groups excluding tert-OH is 1. The summed E-state index contributed by atoms with van der Waals surface area (Å²) in [6.45, 7) is 0.266. The predicted octanol–water partition coefficient (Wildman–Crippen LogP) is 1.06. The van der Waals surface area contributed by atoms with E-state index in [1.54, 1.807) is 11.8 Å². The lowest BCUT2D eigenvalue weighted by molar-refractivity contribution is -0.137. The minimum absolute atomic E-state index is 0.165. The number of hydrogen-bond acceptors (Lipinski definition) is 4. The van der Waals surface area contributed by atoms with Gasteiger partial charge in [0, 0.05) is 6.61 Å². The molecule has 0 aliphatic rings. The van der Waals surface area contributed by atoms with Gasteiger partial charge < -0.3 is 9.84 Å². The molecular formula is C8H16O3S. The average molecular weight is 192 g/mol. The van der Waals surface area contributed by atoms with E-state index in [1.165, 1.54) is 7.11 Å². The Labute approximate surface area is 77.5 Å². The monoisotopic (exact) mass is 192 g/mol. The number of hydrogen-bond donors (Lipinski definition) is 1. The third-order valence-corrected chi connectivity index (χ3v) is 2.41. The van der Waals surface area contributed by atoms with Gasteiger partial charge >= 0.3 is 5.97 Å². The summed E-state index contributed by atoms with van der Waals surface area (Å²) < 4.78 is 4.48. The number of esters is 1. The Kier molecular flexibility index (Phi) is 8.71. The van der Waals surface area contributed by atoms with Crippen LogP contribution >= 0.6 is 11.8 Å². The number of ether oxygens (including phenoxy) is 1. The molecule has 0 atom stereocenters. The van der Waals surface area contributed by atoms with Crippen molar-refractivity contribution < 1.29 is 14.6 Å². The number of aliphatic hydroxyl groups is 1. The number of rotatable bonds is 7. The van der Waals surface area contributed by atoms with E-state index in [4.69, 9.17) is 5.11 Å². The second-order valence-electron chi connectivity index (χ2n) is 2.41. The Balaban J connectivity index is 2.95. The van der Waals surface area contributed by atoms with Crippen LogP contribution in [0.15, 0.2) is 0 Å². The van der Waals surface area contributed by atoms with E-state index in [1.807, 2.05) is 0 Å².